The molecule has 118 valence electrons. The van der Waals surface area contributed by atoms with Gasteiger partial charge in [0.25, 0.3) is 0 Å². The zero-order chi connectivity index (χ0) is 16.0. The number of nitrogen functional groups attached to an aromatic ring is 1. The summed E-state index contributed by atoms with van der Waals surface area (Å²) in [6.07, 6.45) is -4.34. The lowest BCUT2D eigenvalue weighted by atomic mass is 10.1. The fourth-order valence-electron chi connectivity index (χ4n) is 1.99. The second-order valence-electron chi connectivity index (χ2n) is 4.55. The molecule has 0 aliphatic carbocycles. The maximum Gasteiger partial charge on any atom is 0.418 e. The first-order valence-electron chi connectivity index (χ1n) is 6.78. The van der Waals surface area contributed by atoms with Crippen molar-refractivity contribution in [3.05, 3.63) is 23.8 Å². The van der Waals surface area contributed by atoms with Gasteiger partial charge in [-0.1, -0.05) is 0 Å². The van der Waals surface area contributed by atoms with Gasteiger partial charge in [-0.25, -0.2) is 0 Å². The monoisotopic (exact) mass is 303 g/mol. The van der Waals surface area contributed by atoms with Gasteiger partial charge in [0, 0.05) is 37.4 Å². The Balaban J connectivity index is 2.70. The van der Waals surface area contributed by atoms with Gasteiger partial charge in [0.2, 0.25) is 5.91 Å². The van der Waals surface area contributed by atoms with Crippen LogP contribution in [0.5, 0.6) is 0 Å². The number of benzene rings is 1. The summed E-state index contributed by atoms with van der Waals surface area (Å²) >= 11 is 0. The van der Waals surface area contributed by atoms with Crippen LogP contribution >= 0.6 is 0 Å². The normalized spacial score (nSPS) is 11.3. The minimum absolute atomic E-state index is 0.0482. The maximum atomic E-state index is 12.9. The van der Waals surface area contributed by atoms with Crippen molar-refractivity contribution in [3.8, 4) is 0 Å². The topological polar surface area (TPSA) is 58.4 Å². The molecule has 0 radical (unpaired) electrons. The lowest BCUT2D eigenvalue weighted by Crippen LogP contribution is -2.31. The van der Waals surface area contributed by atoms with Gasteiger partial charge in [-0.15, -0.1) is 0 Å². The summed E-state index contributed by atoms with van der Waals surface area (Å²) in [6.45, 7) is 5.03. The van der Waals surface area contributed by atoms with Gasteiger partial charge in [0.15, 0.2) is 0 Å². The fourth-order valence-corrected chi connectivity index (χ4v) is 1.99. The average molecular weight is 303 g/mol. The van der Waals surface area contributed by atoms with E-state index < -0.39 is 11.7 Å². The first-order valence-corrected chi connectivity index (χ1v) is 6.78. The molecule has 4 nitrogen and oxygen atoms in total. The molecule has 7 heteroatoms. The van der Waals surface area contributed by atoms with E-state index in [0.29, 0.717) is 13.1 Å². The van der Waals surface area contributed by atoms with E-state index >= 15 is 0 Å². The van der Waals surface area contributed by atoms with Crippen molar-refractivity contribution < 1.29 is 18.0 Å². The van der Waals surface area contributed by atoms with Crippen LogP contribution in [0.25, 0.3) is 0 Å². The third-order valence-corrected chi connectivity index (χ3v) is 3.12. The molecule has 1 rings (SSSR count). The number of amides is 1. The molecule has 0 spiro atoms. The van der Waals surface area contributed by atoms with Crippen molar-refractivity contribution in [2.24, 2.45) is 0 Å². The van der Waals surface area contributed by atoms with Crippen LogP contribution in [0, 0.1) is 0 Å². The Bertz CT molecular complexity index is 485. The number of carbonyl (C=O) groups is 1. The first-order chi connectivity index (χ1) is 9.79. The lowest BCUT2D eigenvalue weighted by Gasteiger charge is -2.19. The first kappa shape index (κ1) is 17.1. The smallest absolute Gasteiger partial charge is 0.399 e. The molecular weight excluding hydrogens is 283 g/mol. The molecule has 1 amide bonds. The number of nitrogens with two attached hydrogens (primary N) is 1. The number of rotatable bonds is 6. The highest BCUT2D eigenvalue weighted by Crippen LogP contribution is 2.35. The van der Waals surface area contributed by atoms with Crippen LogP contribution in [0.4, 0.5) is 24.5 Å². The summed E-state index contributed by atoms with van der Waals surface area (Å²) in [7, 11) is 0. The molecule has 0 heterocycles. The minimum Gasteiger partial charge on any atom is -0.399 e. The van der Waals surface area contributed by atoms with Crippen LogP contribution in [-0.4, -0.2) is 30.4 Å². The van der Waals surface area contributed by atoms with Crippen LogP contribution in [0.15, 0.2) is 18.2 Å². The molecule has 0 bridgehead atoms. The molecule has 3 N–H and O–H groups in total. The van der Waals surface area contributed by atoms with Crippen molar-refractivity contribution in [2.75, 3.05) is 30.7 Å². The number of alkyl halides is 3. The summed E-state index contributed by atoms with van der Waals surface area (Å²) in [6, 6.07) is 3.55. The summed E-state index contributed by atoms with van der Waals surface area (Å²) in [5.74, 6) is -0.0866. The quantitative estimate of drug-likeness (QED) is 0.794. The average Bonchev–Trinajstić information content (AvgIpc) is 2.40. The van der Waals surface area contributed by atoms with Crippen molar-refractivity contribution in [2.45, 2.75) is 26.4 Å². The number of hydrogen-bond donors (Lipinski definition) is 2. The van der Waals surface area contributed by atoms with Gasteiger partial charge in [-0.2, -0.15) is 13.2 Å². The van der Waals surface area contributed by atoms with Crippen LogP contribution in [0.3, 0.4) is 0 Å². The summed E-state index contributed by atoms with van der Waals surface area (Å²) in [5, 5.41) is 2.66. The molecule has 0 aliphatic heterocycles. The molecule has 21 heavy (non-hydrogen) atoms. The standard InChI is InChI=1S/C14H20F3N3O/c1-3-20(4-2)13(21)7-8-19-12-6-5-10(18)9-11(12)14(15,16)17/h5-6,9,19H,3-4,7-8,18H2,1-2H3. The van der Waals surface area contributed by atoms with Crippen LogP contribution in [0.1, 0.15) is 25.8 Å². The fraction of sp³-hybridized carbons (Fsp3) is 0.500. The van der Waals surface area contributed by atoms with E-state index in [-0.39, 0.29) is 30.2 Å². The molecule has 1 aromatic carbocycles. The molecule has 0 atom stereocenters. The summed E-state index contributed by atoms with van der Waals surface area (Å²) < 4.78 is 38.6. The highest BCUT2D eigenvalue weighted by atomic mass is 19.4. The molecule has 0 saturated heterocycles. The minimum atomic E-state index is -4.49. The number of halogens is 3. The van der Waals surface area contributed by atoms with E-state index in [9.17, 15) is 18.0 Å². The van der Waals surface area contributed by atoms with E-state index in [0.717, 1.165) is 6.07 Å². The Labute approximate surface area is 122 Å². The van der Waals surface area contributed by atoms with Crippen molar-refractivity contribution in [3.63, 3.8) is 0 Å². The molecule has 0 unspecified atom stereocenters. The van der Waals surface area contributed by atoms with Crippen LogP contribution in [-0.2, 0) is 11.0 Å². The van der Waals surface area contributed by atoms with Gasteiger partial charge >= 0.3 is 6.18 Å². The number of nitrogens with zero attached hydrogens (tertiary/aromatic N) is 1. The van der Waals surface area contributed by atoms with Gasteiger partial charge in [-0.3, -0.25) is 4.79 Å². The predicted octanol–water partition coefficient (Wildman–Crippen LogP) is 2.96. The highest BCUT2D eigenvalue weighted by molar-refractivity contribution is 5.76. The maximum absolute atomic E-state index is 12.9. The van der Waals surface area contributed by atoms with Crippen molar-refractivity contribution >= 4 is 17.3 Å². The van der Waals surface area contributed by atoms with Crippen molar-refractivity contribution in [1.82, 2.24) is 4.90 Å². The zero-order valence-electron chi connectivity index (χ0n) is 12.1. The predicted molar refractivity (Wildman–Crippen MR) is 76.9 cm³/mol. The third kappa shape index (κ3) is 4.84. The van der Waals surface area contributed by atoms with Gasteiger partial charge in [-0.05, 0) is 32.0 Å². The van der Waals surface area contributed by atoms with E-state index in [1.54, 1.807) is 4.90 Å². The van der Waals surface area contributed by atoms with Gasteiger partial charge in [0.05, 0.1) is 5.56 Å². The van der Waals surface area contributed by atoms with Crippen LogP contribution < -0.4 is 11.1 Å². The number of hydrogen-bond acceptors (Lipinski definition) is 3. The Hall–Kier alpha value is -1.92. The molecular formula is C14H20F3N3O. The SMILES string of the molecule is CCN(CC)C(=O)CCNc1ccc(N)cc1C(F)(F)F. The van der Waals surface area contributed by atoms with E-state index in [1.807, 2.05) is 13.8 Å². The Morgan fingerprint density at radius 3 is 2.43 bits per heavy atom. The Kier molecular flexibility index (Phi) is 5.87. The van der Waals surface area contributed by atoms with E-state index in [4.69, 9.17) is 5.73 Å². The lowest BCUT2D eigenvalue weighted by molar-refractivity contribution is -0.136. The second-order valence-corrected chi connectivity index (χ2v) is 4.55. The second kappa shape index (κ2) is 7.19. The molecule has 0 aromatic heterocycles. The number of anilines is 2. The molecule has 0 fully saturated rings. The summed E-state index contributed by atoms with van der Waals surface area (Å²) in [5.41, 5.74) is 4.55. The Morgan fingerprint density at radius 2 is 1.90 bits per heavy atom. The van der Waals surface area contributed by atoms with E-state index in [1.165, 1.54) is 12.1 Å². The van der Waals surface area contributed by atoms with E-state index in [2.05, 4.69) is 5.32 Å². The van der Waals surface area contributed by atoms with Gasteiger partial charge in [0.1, 0.15) is 0 Å². The largest absolute Gasteiger partial charge is 0.418 e. The number of carbonyl (C=O) groups excluding carboxylic acids is 1. The summed E-state index contributed by atoms with van der Waals surface area (Å²) in [4.78, 5) is 13.4. The van der Waals surface area contributed by atoms with Gasteiger partial charge < -0.3 is 16.0 Å². The highest BCUT2D eigenvalue weighted by Gasteiger charge is 2.33. The third-order valence-electron chi connectivity index (χ3n) is 3.12. The van der Waals surface area contributed by atoms with Crippen LogP contribution in [0.2, 0.25) is 0 Å². The Morgan fingerprint density at radius 1 is 1.29 bits per heavy atom. The molecule has 0 aliphatic rings. The zero-order valence-corrected chi connectivity index (χ0v) is 12.1. The van der Waals surface area contributed by atoms with Crippen molar-refractivity contribution in [1.29, 1.82) is 0 Å². The molecule has 1 aromatic rings. The number of nitrogens with one attached hydrogen (secondary N) is 1. The molecule has 0 saturated carbocycles.